The van der Waals surface area contributed by atoms with Crippen LogP contribution in [0.1, 0.15) is 5.56 Å². The molecule has 0 bridgehead atoms. The van der Waals surface area contributed by atoms with Gasteiger partial charge < -0.3 is 10.3 Å². The third-order valence-corrected chi connectivity index (χ3v) is 3.12. The van der Waals surface area contributed by atoms with Crippen LogP contribution in [0.2, 0.25) is 0 Å². The van der Waals surface area contributed by atoms with Crippen molar-refractivity contribution < 1.29 is 13.2 Å². The van der Waals surface area contributed by atoms with Gasteiger partial charge in [0, 0.05) is 7.05 Å². The molecule has 3 aromatic rings. The Labute approximate surface area is 111 Å². The molecule has 20 heavy (non-hydrogen) atoms. The fourth-order valence-electron chi connectivity index (χ4n) is 2.09. The number of H-pyrrole nitrogens is 1. The molecule has 8 heteroatoms. The number of halogens is 3. The molecule has 1 aromatic carbocycles. The number of hydrogen-bond donors (Lipinski definition) is 2. The molecule has 0 spiro atoms. The largest absolute Gasteiger partial charge is 0.416 e. The van der Waals surface area contributed by atoms with Crippen molar-refractivity contribution in [1.82, 2.24) is 19.7 Å². The first-order valence-corrected chi connectivity index (χ1v) is 5.71. The van der Waals surface area contributed by atoms with E-state index in [0.717, 1.165) is 12.1 Å². The summed E-state index contributed by atoms with van der Waals surface area (Å²) in [7, 11) is 1.71. The van der Waals surface area contributed by atoms with Crippen LogP contribution in [0.4, 0.5) is 19.0 Å². The second kappa shape index (κ2) is 3.99. The molecule has 0 aliphatic heterocycles. The van der Waals surface area contributed by atoms with E-state index in [1.54, 1.807) is 11.6 Å². The molecule has 5 nitrogen and oxygen atoms in total. The fourth-order valence-corrected chi connectivity index (χ4v) is 2.09. The number of rotatable bonds is 1. The van der Waals surface area contributed by atoms with Gasteiger partial charge in [-0.2, -0.15) is 18.3 Å². The Balaban J connectivity index is 2.22. The molecule has 0 aliphatic rings. The SMILES string of the molecule is Cn1c(-c2cn[nH]c2N)nc2cc(C(F)(F)F)ccc21. The van der Waals surface area contributed by atoms with Crippen LogP contribution in [0, 0.1) is 0 Å². The van der Waals surface area contributed by atoms with Crippen LogP contribution in [-0.2, 0) is 13.2 Å². The minimum atomic E-state index is -4.39. The lowest BCUT2D eigenvalue weighted by Gasteiger charge is -2.05. The number of nitrogen functional groups attached to an aromatic ring is 1. The van der Waals surface area contributed by atoms with E-state index in [0.29, 0.717) is 22.7 Å². The van der Waals surface area contributed by atoms with Gasteiger partial charge in [0.05, 0.1) is 28.4 Å². The lowest BCUT2D eigenvalue weighted by Crippen LogP contribution is -2.04. The molecule has 0 unspecified atom stereocenters. The van der Waals surface area contributed by atoms with E-state index in [9.17, 15) is 13.2 Å². The first-order chi connectivity index (χ1) is 9.38. The van der Waals surface area contributed by atoms with Gasteiger partial charge in [0.2, 0.25) is 0 Å². The molecular formula is C12H10F3N5. The number of anilines is 1. The monoisotopic (exact) mass is 281 g/mol. The van der Waals surface area contributed by atoms with Crippen LogP contribution in [0.15, 0.2) is 24.4 Å². The number of aromatic amines is 1. The van der Waals surface area contributed by atoms with Gasteiger partial charge in [-0.05, 0) is 18.2 Å². The van der Waals surface area contributed by atoms with Gasteiger partial charge in [0.1, 0.15) is 11.6 Å². The Morgan fingerprint density at radius 1 is 1.30 bits per heavy atom. The van der Waals surface area contributed by atoms with Crippen molar-refractivity contribution in [2.75, 3.05) is 5.73 Å². The normalized spacial score (nSPS) is 12.2. The smallest absolute Gasteiger partial charge is 0.383 e. The van der Waals surface area contributed by atoms with Gasteiger partial charge in [-0.3, -0.25) is 5.10 Å². The van der Waals surface area contributed by atoms with E-state index in [1.165, 1.54) is 12.3 Å². The molecule has 0 atom stereocenters. The third kappa shape index (κ3) is 1.80. The maximum atomic E-state index is 12.7. The predicted molar refractivity (Wildman–Crippen MR) is 67.7 cm³/mol. The Morgan fingerprint density at radius 3 is 2.65 bits per heavy atom. The molecule has 0 aliphatic carbocycles. The van der Waals surface area contributed by atoms with Gasteiger partial charge in [0.25, 0.3) is 0 Å². The molecule has 0 radical (unpaired) electrons. The van der Waals surface area contributed by atoms with Gasteiger partial charge in [-0.25, -0.2) is 4.98 Å². The number of benzene rings is 1. The number of imidazole rings is 1. The highest BCUT2D eigenvalue weighted by atomic mass is 19.4. The highest BCUT2D eigenvalue weighted by Crippen LogP contribution is 2.33. The average Bonchev–Trinajstić information content (AvgIpc) is 2.92. The van der Waals surface area contributed by atoms with Crippen LogP contribution in [0.25, 0.3) is 22.4 Å². The first kappa shape index (κ1) is 12.5. The number of nitrogens with zero attached hydrogens (tertiary/aromatic N) is 3. The summed E-state index contributed by atoms with van der Waals surface area (Å²) in [6, 6.07) is 3.45. The Hall–Kier alpha value is -2.51. The highest BCUT2D eigenvalue weighted by Gasteiger charge is 2.31. The standard InChI is InChI=1S/C12H10F3N5/c1-20-9-3-2-6(12(13,14)15)4-8(9)18-11(20)7-5-17-19-10(7)16/h2-5H,1H3,(H3,16,17,19). The summed E-state index contributed by atoms with van der Waals surface area (Å²) >= 11 is 0. The highest BCUT2D eigenvalue weighted by molar-refractivity contribution is 5.83. The molecule has 2 heterocycles. The number of aromatic nitrogens is 4. The molecule has 104 valence electrons. The van der Waals surface area contributed by atoms with E-state index in [-0.39, 0.29) is 5.52 Å². The Kier molecular flexibility index (Phi) is 2.50. The van der Waals surface area contributed by atoms with E-state index < -0.39 is 11.7 Å². The maximum Gasteiger partial charge on any atom is 0.416 e. The summed E-state index contributed by atoms with van der Waals surface area (Å²) in [5.74, 6) is 0.782. The summed E-state index contributed by atoms with van der Waals surface area (Å²) in [5.41, 5.74) is 6.39. The van der Waals surface area contributed by atoms with E-state index in [1.807, 2.05) is 0 Å². The number of nitrogens with two attached hydrogens (primary N) is 1. The van der Waals surface area contributed by atoms with Gasteiger partial charge in [-0.1, -0.05) is 0 Å². The van der Waals surface area contributed by atoms with Crippen molar-refractivity contribution in [3.05, 3.63) is 30.0 Å². The van der Waals surface area contributed by atoms with Crippen molar-refractivity contribution in [2.24, 2.45) is 7.05 Å². The Morgan fingerprint density at radius 2 is 2.05 bits per heavy atom. The van der Waals surface area contributed by atoms with Crippen LogP contribution < -0.4 is 5.73 Å². The van der Waals surface area contributed by atoms with Crippen LogP contribution in [0.5, 0.6) is 0 Å². The zero-order valence-electron chi connectivity index (χ0n) is 10.4. The van der Waals surface area contributed by atoms with E-state index in [4.69, 9.17) is 5.73 Å². The number of nitrogens with one attached hydrogen (secondary N) is 1. The molecule has 0 fully saturated rings. The molecular weight excluding hydrogens is 271 g/mol. The molecule has 0 saturated carbocycles. The van der Waals surface area contributed by atoms with Gasteiger partial charge in [0.15, 0.2) is 0 Å². The lowest BCUT2D eigenvalue weighted by atomic mass is 10.2. The third-order valence-electron chi connectivity index (χ3n) is 3.12. The predicted octanol–water partition coefficient (Wildman–Crippen LogP) is 2.56. The number of hydrogen-bond acceptors (Lipinski definition) is 3. The lowest BCUT2D eigenvalue weighted by molar-refractivity contribution is -0.137. The minimum absolute atomic E-state index is 0.262. The summed E-state index contributed by atoms with van der Waals surface area (Å²) in [4.78, 5) is 4.21. The van der Waals surface area contributed by atoms with Gasteiger partial charge in [-0.15, -0.1) is 0 Å². The van der Waals surface area contributed by atoms with E-state index in [2.05, 4.69) is 15.2 Å². The van der Waals surface area contributed by atoms with Crippen molar-refractivity contribution in [2.45, 2.75) is 6.18 Å². The molecule has 0 amide bonds. The van der Waals surface area contributed by atoms with Crippen LogP contribution >= 0.6 is 0 Å². The van der Waals surface area contributed by atoms with Crippen molar-refractivity contribution in [3.8, 4) is 11.4 Å². The number of aryl methyl sites for hydroxylation is 1. The van der Waals surface area contributed by atoms with Crippen LogP contribution in [-0.4, -0.2) is 19.7 Å². The second-order valence-electron chi connectivity index (χ2n) is 4.39. The average molecular weight is 281 g/mol. The topological polar surface area (TPSA) is 72.5 Å². The number of alkyl halides is 3. The van der Waals surface area contributed by atoms with E-state index >= 15 is 0 Å². The maximum absolute atomic E-state index is 12.7. The summed E-state index contributed by atoms with van der Waals surface area (Å²) in [5, 5.41) is 6.35. The second-order valence-corrected chi connectivity index (χ2v) is 4.39. The van der Waals surface area contributed by atoms with Gasteiger partial charge >= 0.3 is 6.18 Å². The quantitative estimate of drug-likeness (QED) is 0.720. The minimum Gasteiger partial charge on any atom is -0.383 e. The zero-order chi connectivity index (χ0) is 14.5. The van der Waals surface area contributed by atoms with Crippen molar-refractivity contribution in [3.63, 3.8) is 0 Å². The first-order valence-electron chi connectivity index (χ1n) is 5.71. The van der Waals surface area contributed by atoms with Crippen molar-refractivity contribution >= 4 is 16.9 Å². The molecule has 3 rings (SSSR count). The van der Waals surface area contributed by atoms with Crippen LogP contribution in [0.3, 0.4) is 0 Å². The number of fused-ring (bicyclic) bond motifs is 1. The molecule has 3 N–H and O–H groups in total. The summed E-state index contributed by atoms with van der Waals surface area (Å²) in [6.45, 7) is 0. The summed E-state index contributed by atoms with van der Waals surface area (Å²) in [6.07, 6.45) is -2.90. The molecule has 2 aromatic heterocycles. The van der Waals surface area contributed by atoms with Crippen molar-refractivity contribution in [1.29, 1.82) is 0 Å². The summed E-state index contributed by atoms with van der Waals surface area (Å²) < 4.78 is 39.8. The Bertz CT molecular complexity index is 784. The molecule has 0 saturated heterocycles. The fraction of sp³-hybridized carbons (Fsp3) is 0.167. The zero-order valence-corrected chi connectivity index (χ0v) is 10.4.